The first-order valence-corrected chi connectivity index (χ1v) is 3.91. The number of carbonyl (C=O) groups excluding carboxylic acids is 1. The van der Waals surface area contributed by atoms with Crippen molar-refractivity contribution in [2.45, 2.75) is 25.3 Å². The molecule has 0 bridgehead atoms. The molecule has 2 nitrogen and oxygen atoms in total. The van der Waals surface area contributed by atoms with Crippen molar-refractivity contribution in [3.63, 3.8) is 0 Å². The van der Waals surface area contributed by atoms with Crippen LogP contribution in [0, 0.1) is 18.3 Å². The van der Waals surface area contributed by atoms with Crippen molar-refractivity contribution in [1.29, 1.82) is 0 Å². The van der Waals surface area contributed by atoms with E-state index in [4.69, 9.17) is 6.42 Å². The van der Waals surface area contributed by atoms with Gasteiger partial charge in [0.05, 0.1) is 6.42 Å². The van der Waals surface area contributed by atoms with E-state index in [1.807, 2.05) is 7.05 Å². The molecule has 1 fully saturated rings. The average Bonchev–Trinajstić information content (AvgIpc) is 1.86. The van der Waals surface area contributed by atoms with Crippen LogP contribution in [0.2, 0.25) is 0 Å². The van der Waals surface area contributed by atoms with Crippen molar-refractivity contribution >= 4 is 5.78 Å². The molecule has 11 heavy (non-hydrogen) atoms. The second kappa shape index (κ2) is 3.54. The number of carbonyl (C=O) groups is 1. The molecule has 0 saturated heterocycles. The summed E-state index contributed by atoms with van der Waals surface area (Å²) in [6.07, 6.45) is 7.27. The Kier molecular flexibility index (Phi) is 2.67. The Labute approximate surface area is 67.4 Å². The average molecular weight is 151 g/mol. The van der Waals surface area contributed by atoms with Gasteiger partial charge in [-0.3, -0.25) is 4.79 Å². The van der Waals surface area contributed by atoms with Crippen LogP contribution in [0.25, 0.3) is 0 Å². The van der Waals surface area contributed by atoms with Gasteiger partial charge in [-0.2, -0.15) is 0 Å². The van der Waals surface area contributed by atoms with Crippen molar-refractivity contribution in [2.75, 3.05) is 7.05 Å². The zero-order chi connectivity index (χ0) is 8.27. The van der Waals surface area contributed by atoms with E-state index >= 15 is 0 Å². The van der Waals surface area contributed by atoms with Crippen molar-refractivity contribution in [2.24, 2.45) is 5.92 Å². The van der Waals surface area contributed by atoms with Crippen LogP contribution in [-0.4, -0.2) is 18.9 Å². The molecule has 0 heterocycles. The molecule has 0 aromatic carbocycles. The molecule has 0 spiro atoms. The van der Waals surface area contributed by atoms with Crippen LogP contribution >= 0.6 is 0 Å². The van der Waals surface area contributed by atoms with E-state index in [-0.39, 0.29) is 11.7 Å². The number of rotatable bonds is 3. The van der Waals surface area contributed by atoms with Gasteiger partial charge in [0, 0.05) is 12.0 Å². The van der Waals surface area contributed by atoms with Gasteiger partial charge in [-0.15, -0.1) is 6.42 Å². The highest BCUT2D eigenvalue weighted by Crippen LogP contribution is 2.28. The molecule has 1 rings (SSSR count). The molecule has 1 saturated carbocycles. The highest BCUT2D eigenvalue weighted by Gasteiger charge is 2.32. The third-order valence-electron chi connectivity index (χ3n) is 2.28. The van der Waals surface area contributed by atoms with Crippen LogP contribution in [0.15, 0.2) is 0 Å². The van der Waals surface area contributed by atoms with Crippen LogP contribution < -0.4 is 5.32 Å². The number of ketones is 1. The maximum Gasteiger partial charge on any atom is 0.147 e. The minimum absolute atomic E-state index is 0.235. The molecule has 0 amide bonds. The zero-order valence-corrected chi connectivity index (χ0v) is 6.76. The summed E-state index contributed by atoms with van der Waals surface area (Å²) < 4.78 is 0. The molecule has 2 heteroatoms. The number of hydrogen-bond acceptors (Lipinski definition) is 2. The van der Waals surface area contributed by atoms with Crippen LogP contribution in [0.5, 0.6) is 0 Å². The summed E-state index contributed by atoms with van der Waals surface area (Å²) >= 11 is 0. The molecule has 0 aromatic heterocycles. The monoisotopic (exact) mass is 151 g/mol. The Morgan fingerprint density at radius 3 is 2.82 bits per heavy atom. The van der Waals surface area contributed by atoms with E-state index in [1.54, 1.807) is 0 Å². The van der Waals surface area contributed by atoms with Crippen LogP contribution in [-0.2, 0) is 4.79 Å². The highest BCUT2D eigenvalue weighted by molar-refractivity contribution is 5.84. The summed E-state index contributed by atoms with van der Waals surface area (Å²) in [4.78, 5) is 11.1. The molecule has 1 N–H and O–H groups in total. The SMILES string of the molecule is C#CCC(=O)C1CC(NC)C1. The largest absolute Gasteiger partial charge is 0.317 e. The summed E-state index contributed by atoms with van der Waals surface area (Å²) in [7, 11) is 1.92. The van der Waals surface area contributed by atoms with E-state index in [0.29, 0.717) is 12.5 Å². The van der Waals surface area contributed by atoms with Crippen molar-refractivity contribution in [1.82, 2.24) is 5.32 Å². The smallest absolute Gasteiger partial charge is 0.147 e. The Bertz CT molecular complexity index is 186. The lowest BCUT2D eigenvalue weighted by molar-refractivity contribution is -0.124. The Morgan fingerprint density at radius 2 is 2.36 bits per heavy atom. The van der Waals surface area contributed by atoms with Gasteiger partial charge in [-0.25, -0.2) is 0 Å². The van der Waals surface area contributed by atoms with Gasteiger partial charge in [-0.1, -0.05) is 5.92 Å². The topological polar surface area (TPSA) is 29.1 Å². The molecule has 0 radical (unpaired) electrons. The summed E-state index contributed by atoms with van der Waals surface area (Å²) in [6, 6.07) is 0.543. The standard InChI is InChI=1S/C9H13NO/c1-3-4-9(11)7-5-8(6-7)10-2/h1,7-8,10H,4-6H2,2H3. The second-order valence-corrected chi connectivity index (χ2v) is 3.00. The lowest BCUT2D eigenvalue weighted by Crippen LogP contribution is -2.42. The van der Waals surface area contributed by atoms with Gasteiger partial charge in [-0.05, 0) is 19.9 Å². The Hall–Kier alpha value is -0.810. The lowest BCUT2D eigenvalue weighted by Gasteiger charge is -2.33. The van der Waals surface area contributed by atoms with Gasteiger partial charge >= 0.3 is 0 Å². The normalized spacial score (nSPS) is 28.7. The zero-order valence-electron chi connectivity index (χ0n) is 6.76. The molecule has 0 unspecified atom stereocenters. The van der Waals surface area contributed by atoms with Gasteiger partial charge in [0.25, 0.3) is 0 Å². The van der Waals surface area contributed by atoms with Gasteiger partial charge < -0.3 is 5.32 Å². The predicted octanol–water partition coefficient (Wildman–Crippen LogP) is 0.577. The first-order chi connectivity index (χ1) is 5.27. The van der Waals surface area contributed by atoms with E-state index in [1.165, 1.54) is 0 Å². The molecular weight excluding hydrogens is 138 g/mol. The summed E-state index contributed by atoms with van der Waals surface area (Å²) in [6.45, 7) is 0. The summed E-state index contributed by atoms with van der Waals surface area (Å²) in [5.41, 5.74) is 0. The number of terminal acetylenes is 1. The van der Waals surface area contributed by atoms with E-state index in [9.17, 15) is 4.79 Å². The third kappa shape index (κ3) is 1.81. The third-order valence-corrected chi connectivity index (χ3v) is 2.28. The Balaban J connectivity index is 2.22. The van der Waals surface area contributed by atoms with Crippen molar-refractivity contribution in [3.8, 4) is 12.3 Å². The van der Waals surface area contributed by atoms with Crippen molar-refractivity contribution in [3.05, 3.63) is 0 Å². The highest BCUT2D eigenvalue weighted by atomic mass is 16.1. The fraction of sp³-hybridized carbons (Fsp3) is 0.667. The van der Waals surface area contributed by atoms with E-state index in [2.05, 4.69) is 11.2 Å². The molecule has 1 aliphatic carbocycles. The molecule has 0 aromatic rings. The van der Waals surface area contributed by atoms with Gasteiger partial charge in [0.1, 0.15) is 5.78 Å². The summed E-state index contributed by atoms with van der Waals surface area (Å²) in [5.74, 6) is 2.85. The van der Waals surface area contributed by atoms with Gasteiger partial charge in [0.15, 0.2) is 0 Å². The predicted molar refractivity (Wildman–Crippen MR) is 44.0 cm³/mol. The fourth-order valence-electron chi connectivity index (χ4n) is 1.36. The van der Waals surface area contributed by atoms with E-state index < -0.39 is 0 Å². The van der Waals surface area contributed by atoms with E-state index in [0.717, 1.165) is 12.8 Å². The van der Waals surface area contributed by atoms with Gasteiger partial charge in [0.2, 0.25) is 0 Å². The number of hydrogen-bond donors (Lipinski definition) is 1. The maximum absolute atomic E-state index is 11.1. The quantitative estimate of drug-likeness (QED) is 0.598. The first kappa shape index (κ1) is 8.29. The van der Waals surface area contributed by atoms with Crippen LogP contribution in [0.4, 0.5) is 0 Å². The fourth-order valence-corrected chi connectivity index (χ4v) is 1.36. The van der Waals surface area contributed by atoms with Crippen molar-refractivity contribution < 1.29 is 4.79 Å². The molecule has 1 aliphatic rings. The second-order valence-electron chi connectivity index (χ2n) is 3.00. The maximum atomic E-state index is 11.1. The molecule has 0 aliphatic heterocycles. The molecule has 0 atom stereocenters. The molecular formula is C9H13NO. The molecule has 60 valence electrons. The first-order valence-electron chi connectivity index (χ1n) is 3.91. The number of Topliss-reactive ketones (excluding diaryl/α,β-unsaturated/α-hetero) is 1. The van der Waals surface area contributed by atoms with Crippen LogP contribution in [0.1, 0.15) is 19.3 Å². The van der Waals surface area contributed by atoms with Crippen LogP contribution in [0.3, 0.4) is 0 Å². The number of nitrogens with one attached hydrogen (secondary N) is 1. The minimum atomic E-state index is 0.235. The minimum Gasteiger partial charge on any atom is -0.317 e. The Morgan fingerprint density at radius 1 is 1.73 bits per heavy atom. The lowest BCUT2D eigenvalue weighted by atomic mass is 9.77. The summed E-state index contributed by atoms with van der Waals surface area (Å²) in [5, 5.41) is 3.12.